The minimum Gasteiger partial charge on any atom is -0.465 e. The summed E-state index contributed by atoms with van der Waals surface area (Å²) in [5, 5.41) is 8.52. The molecule has 3 rings (SSSR count). The lowest BCUT2D eigenvalue weighted by atomic mass is 10.1. The number of anilines is 2. The number of amides is 3. The number of hydrogen-bond acceptors (Lipinski definition) is 3. The second kappa shape index (κ2) is 8.96. The number of nitrogens with one attached hydrogen (secondary N) is 3. The fourth-order valence-electron chi connectivity index (χ4n) is 2.94. The van der Waals surface area contributed by atoms with Gasteiger partial charge >= 0.3 is 6.03 Å². The smallest absolute Gasteiger partial charge is 0.323 e. The maximum Gasteiger partial charge on any atom is 0.323 e. The van der Waals surface area contributed by atoms with Crippen LogP contribution in [-0.4, -0.2) is 11.9 Å². The minimum atomic E-state index is -0.319. The number of hydrogen-bond donors (Lipinski definition) is 3. The molecule has 2 aromatic carbocycles. The van der Waals surface area contributed by atoms with Crippen LogP contribution >= 0.6 is 15.9 Å². The summed E-state index contributed by atoms with van der Waals surface area (Å²) in [4.78, 5) is 24.7. The average molecular weight is 456 g/mol. The van der Waals surface area contributed by atoms with Crippen LogP contribution in [0.1, 0.15) is 40.4 Å². The predicted octanol–water partition coefficient (Wildman–Crippen LogP) is 5.79. The highest BCUT2D eigenvalue weighted by Gasteiger charge is 2.21. The zero-order chi connectivity index (χ0) is 21.0. The molecule has 1 aromatic heterocycles. The van der Waals surface area contributed by atoms with Crippen molar-refractivity contribution in [2.75, 3.05) is 10.6 Å². The van der Waals surface area contributed by atoms with E-state index < -0.39 is 0 Å². The Bertz CT molecular complexity index is 1010. The quantitative estimate of drug-likeness (QED) is 0.454. The fraction of sp³-hybridized carbons (Fsp3) is 0.182. The molecular formula is C22H22BrN3O3. The highest BCUT2D eigenvalue weighted by molar-refractivity contribution is 9.10. The molecule has 1 atom stereocenters. The molecule has 150 valence electrons. The van der Waals surface area contributed by atoms with Crippen LogP contribution in [0.2, 0.25) is 0 Å². The number of carbonyl (C=O) groups is 2. The first kappa shape index (κ1) is 20.7. The Hall–Kier alpha value is -3.06. The zero-order valence-electron chi connectivity index (χ0n) is 16.4. The van der Waals surface area contributed by atoms with Crippen LogP contribution in [-0.2, 0) is 0 Å². The van der Waals surface area contributed by atoms with Crippen LogP contribution in [0.3, 0.4) is 0 Å². The fourth-order valence-corrected chi connectivity index (χ4v) is 3.48. The number of aryl methyl sites for hydroxylation is 2. The number of carbonyl (C=O) groups excluding carboxylic acids is 2. The van der Waals surface area contributed by atoms with Crippen molar-refractivity contribution in [2.45, 2.75) is 26.8 Å². The van der Waals surface area contributed by atoms with E-state index in [2.05, 4.69) is 31.9 Å². The highest BCUT2D eigenvalue weighted by Crippen LogP contribution is 2.28. The third kappa shape index (κ3) is 5.06. The molecule has 1 unspecified atom stereocenters. The molecule has 3 amide bonds. The first-order valence-electron chi connectivity index (χ1n) is 9.14. The van der Waals surface area contributed by atoms with Crippen molar-refractivity contribution >= 4 is 39.2 Å². The van der Waals surface area contributed by atoms with Crippen molar-refractivity contribution in [1.82, 2.24) is 5.32 Å². The van der Waals surface area contributed by atoms with Crippen molar-refractivity contribution in [3.05, 3.63) is 81.7 Å². The summed E-state index contributed by atoms with van der Waals surface area (Å²) in [5.74, 6) is 1.04. The number of urea groups is 1. The van der Waals surface area contributed by atoms with Crippen LogP contribution in [0.25, 0.3) is 0 Å². The van der Waals surface area contributed by atoms with Gasteiger partial charge in [-0.25, -0.2) is 4.79 Å². The Morgan fingerprint density at radius 2 is 1.48 bits per heavy atom. The van der Waals surface area contributed by atoms with E-state index in [0.717, 1.165) is 5.56 Å². The Morgan fingerprint density at radius 1 is 0.897 bits per heavy atom. The largest absolute Gasteiger partial charge is 0.465 e. The van der Waals surface area contributed by atoms with Gasteiger partial charge < -0.3 is 20.4 Å². The van der Waals surface area contributed by atoms with Crippen molar-refractivity contribution in [3.63, 3.8) is 0 Å². The number of furan rings is 1. The van der Waals surface area contributed by atoms with Gasteiger partial charge in [-0.3, -0.25) is 4.79 Å². The molecule has 0 bridgehead atoms. The first-order chi connectivity index (χ1) is 13.8. The minimum absolute atomic E-state index is 0.205. The van der Waals surface area contributed by atoms with Gasteiger partial charge in [-0.1, -0.05) is 30.3 Å². The van der Waals surface area contributed by atoms with E-state index in [-0.39, 0.29) is 18.0 Å². The number of rotatable bonds is 5. The van der Waals surface area contributed by atoms with E-state index in [4.69, 9.17) is 4.42 Å². The maximum atomic E-state index is 12.6. The third-order valence-corrected chi connectivity index (χ3v) is 5.42. The van der Waals surface area contributed by atoms with Gasteiger partial charge in [0.2, 0.25) is 0 Å². The van der Waals surface area contributed by atoms with Crippen molar-refractivity contribution in [1.29, 1.82) is 0 Å². The summed E-state index contributed by atoms with van der Waals surface area (Å²) in [5.41, 5.74) is 2.80. The summed E-state index contributed by atoms with van der Waals surface area (Å²) >= 11 is 3.40. The topological polar surface area (TPSA) is 83.4 Å². The van der Waals surface area contributed by atoms with Crippen LogP contribution in [0.5, 0.6) is 0 Å². The molecule has 0 saturated carbocycles. The number of para-hydroxylation sites is 1. The summed E-state index contributed by atoms with van der Waals surface area (Å²) in [6, 6.07) is 16.0. The van der Waals surface area contributed by atoms with E-state index in [1.54, 1.807) is 26.0 Å². The Balaban J connectivity index is 1.60. The monoisotopic (exact) mass is 455 g/mol. The lowest BCUT2D eigenvalue weighted by Crippen LogP contribution is -2.27. The highest BCUT2D eigenvalue weighted by atomic mass is 79.9. The van der Waals surface area contributed by atoms with Crippen molar-refractivity contribution in [3.8, 4) is 0 Å². The summed E-state index contributed by atoms with van der Waals surface area (Å²) in [7, 11) is 0. The van der Waals surface area contributed by atoms with Gasteiger partial charge in [-0.05, 0) is 66.5 Å². The summed E-state index contributed by atoms with van der Waals surface area (Å²) in [6.07, 6.45) is 0. The average Bonchev–Trinajstić information content (AvgIpc) is 2.94. The molecule has 0 spiro atoms. The van der Waals surface area contributed by atoms with Crippen LogP contribution in [0.4, 0.5) is 16.2 Å². The molecule has 1 heterocycles. The molecule has 29 heavy (non-hydrogen) atoms. The van der Waals surface area contributed by atoms with E-state index in [1.807, 2.05) is 49.4 Å². The van der Waals surface area contributed by atoms with Crippen molar-refractivity contribution in [2.24, 2.45) is 0 Å². The molecule has 3 aromatic rings. The predicted molar refractivity (Wildman–Crippen MR) is 117 cm³/mol. The van der Waals surface area contributed by atoms with E-state index >= 15 is 0 Å². The maximum absolute atomic E-state index is 12.6. The Labute approximate surface area is 177 Å². The molecule has 0 fully saturated rings. The van der Waals surface area contributed by atoms with Crippen molar-refractivity contribution < 1.29 is 14.0 Å². The second-order valence-corrected chi connectivity index (χ2v) is 7.46. The molecule has 0 aliphatic rings. The van der Waals surface area contributed by atoms with E-state index in [1.165, 1.54) is 0 Å². The van der Waals surface area contributed by atoms with Crippen LogP contribution < -0.4 is 16.0 Å². The molecule has 0 aliphatic heterocycles. The normalized spacial score (nSPS) is 11.6. The number of benzene rings is 2. The standard InChI is InChI=1S/C22H22BrN3O3/c1-13(24-21(27)19-14(2)29-15(3)20(19)23)16-9-11-18(12-10-16)26-22(28)25-17-7-5-4-6-8-17/h4-13H,1-3H3,(H,24,27)(H2,25,26,28). The van der Waals surface area contributed by atoms with E-state index in [9.17, 15) is 9.59 Å². The van der Waals surface area contributed by atoms with Crippen LogP contribution in [0.15, 0.2) is 63.5 Å². The van der Waals surface area contributed by atoms with E-state index in [0.29, 0.717) is 32.9 Å². The first-order valence-corrected chi connectivity index (χ1v) is 9.94. The van der Waals surface area contributed by atoms with Crippen LogP contribution in [0, 0.1) is 13.8 Å². The lowest BCUT2D eigenvalue weighted by Gasteiger charge is -2.15. The van der Waals surface area contributed by atoms with Gasteiger partial charge in [-0.15, -0.1) is 0 Å². The van der Waals surface area contributed by atoms with Gasteiger partial charge in [0.05, 0.1) is 16.1 Å². The Morgan fingerprint density at radius 3 is 2.03 bits per heavy atom. The number of halogens is 1. The molecular weight excluding hydrogens is 434 g/mol. The molecule has 0 aliphatic carbocycles. The molecule has 3 N–H and O–H groups in total. The SMILES string of the molecule is Cc1oc(C)c(C(=O)NC(C)c2ccc(NC(=O)Nc3ccccc3)cc2)c1Br. The van der Waals surface area contributed by atoms with Gasteiger partial charge in [0.25, 0.3) is 5.91 Å². The second-order valence-electron chi connectivity index (χ2n) is 6.67. The van der Waals surface area contributed by atoms with Gasteiger partial charge in [0.15, 0.2) is 0 Å². The summed E-state index contributed by atoms with van der Waals surface area (Å²) < 4.78 is 6.17. The molecule has 0 saturated heterocycles. The Kier molecular flexibility index (Phi) is 6.39. The zero-order valence-corrected chi connectivity index (χ0v) is 18.0. The lowest BCUT2D eigenvalue weighted by molar-refractivity contribution is 0.0937. The third-order valence-electron chi connectivity index (χ3n) is 4.46. The molecule has 7 heteroatoms. The van der Waals surface area contributed by atoms with Gasteiger partial charge in [0, 0.05) is 11.4 Å². The summed E-state index contributed by atoms with van der Waals surface area (Å²) in [6.45, 7) is 5.47. The van der Waals surface area contributed by atoms with Gasteiger partial charge in [-0.2, -0.15) is 0 Å². The molecule has 6 nitrogen and oxygen atoms in total. The van der Waals surface area contributed by atoms with Gasteiger partial charge in [0.1, 0.15) is 11.5 Å². The molecule has 0 radical (unpaired) electrons.